The van der Waals surface area contributed by atoms with Gasteiger partial charge in [-0.25, -0.2) is 8.42 Å². The van der Waals surface area contributed by atoms with Gasteiger partial charge in [0.2, 0.25) is 11.8 Å². The SMILES string of the molecule is O=C(C1CC(=O)N(C2CCS(=O)(=O)C2)C1)N1CCN(c2cccc(Cl)c2)CC1. The molecule has 0 spiro atoms. The van der Waals surface area contributed by atoms with Gasteiger partial charge in [0.15, 0.2) is 9.84 Å². The van der Waals surface area contributed by atoms with Crippen LogP contribution >= 0.6 is 11.6 Å². The van der Waals surface area contributed by atoms with Crippen molar-refractivity contribution < 1.29 is 18.0 Å². The van der Waals surface area contributed by atoms with Crippen LogP contribution in [0.5, 0.6) is 0 Å². The van der Waals surface area contributed by atoms with E-state index in [-0.39, 0.29) is 41.7 Å². The predicted octanol–water partition coefficient (Wildman–Crippen LogP) is 1.02. The molecule has 0 radical (unpaired) electrons. The van der Waals surface area contributed by atoms with Crippen LogP contribution in [0.25, 0.3) is 0 Å². The van der Waals surface area contributed by atoms with Crippen molar-refractivity contribution in [1.82, 2.24) is 9.80 Å². The number of hydrogen-bond acceptors (Lipinski definition) is 5. The Hall–Kier alpha value is -1.80. The van der Waals surface area contributed by atoms with Crippen LogP contribution in [0.4, 0.5) is 5.69 Å². The maximum Gasteiger partial charge on any atom is 0.228 e. The average molecular weight is 426 g/mol. The molecule has 0 saturated carbocycles. The third-order valence-corrected chi connectivity index (χ3v) is 7.91. The Kier molecular flexibility index (Phi) is 5.26. The molecule has 3 aliphatic heterocycles. The molecule has 0 N–H and O–H groups in total. The van der Waals surface area contributed by atoms with Gasteiger partial charge in [0, 0.05) is 55.9 Å². The minimum absolute atomic E-state index is 0.00227. The maximum atomic E-state index is 12.9. The van der Waals surface area contributed by atoms with Crippen molar-refractivity contribution in [2.24, 2.45) is 5.92 Å². The Morgan fingerprint density at radius 3 is 2.54 bits per heavy atom. The molecule has 3 heterocycles. The Morgan fingerprint density at radius 2 is 1.89 bits per heavy atom. The lowest BCUT2D eigenvalue weighted by atomic mass is 10.1. The summed E-state index contributed by atoms with van der Waals surface area (Å²) < 4.78 is 23.4. The lowest BCUT2D eigenvalue weighted by Crippen LogP contribution is -2.50. The fraction of sp³-hybridized carbons (Fsp3) is 0.579. The molecule has 152 valence electrons. The fourth-order valence-electron chi connectivity index (χ4n) is 4.39. The number of sulfone groups is 1. The second-order valence-corrected chi connectivity index (χ2v) is 10.5. The highest BCUT2D eigenvalue weighted by molar-refractivity contribution is 7.91. The van der Waals surface area contributed by atoms with E-state index in [9.17, 15) is 18.0 Å². The van der Waals surface area contributed by atoms with Crippen molar-refractivity contribution in [1.29, 1.82) is 0 Å². The van der Waals surface area contributed by atoms with E-state index in [0.29, 0.717) is 31.1 Å². The van der Waals surface area contributed by atoms with Gasteiger partial charge in [-0.15, -0.1) is 0 Å². The number of nitrogens with zero attached hydrogens (tertiary/aromatic N) is 3. The summed E-state index contributed by atoms with van der Waals surface area (Å²) in [7, 11) is -3.05. The number of amides is 2. The number of anilines is 1. The third-order valence-electron chi connectivity index (χ3n) is 5.92. The Balaban J connectivity index is 1.34. The van der Waals surface area contributed by atoms with Crippen molar-refractivity contribution in [3.8, 4) is 0 Å². The van der Waals surface area contributed by atoms with Crippen LogP contribution in [0.15, 0.2) is 24.3 Å². The molecule has 3 aliphatic rings. The summed E-state index contributed by atoms with van der Waals surface area (Å²) in [5.41, 5.74) is 1.05. The zero-order chi connectivity index (χ0) is 19.9. The van der Waals surface area contributed by atoms with E-state index in [1.165, 1.54) is 0 Å². The molecule has 1 aromatic carbocycles. The average Bonchev–Trinajstić information content (AvgIpc) is 3.23. The lowest BCUT2D eigenvalue weighted by Gasteiger charge is -2.37. The van der Waals surface area contributed by atoms with Gasteiger partial charge in [0.25, 0.3) is 0 Å². The highest BCUT2D eigenvalue weighted by atomic mass is 35.5. The summed E-state index contributed by atoms with van der Waals surface area (Å²) in [5.74, 6) is -0.308. The molecule has 7 nitrogen and oxygen atoms in total. The molecule has 0 aliphatic carbocycles. The molecule has 2 atom stereocenters. The molecule has 2 unspecified atom stereocenters. The Bertz CT molecular complexity index is 883. The second kappa shape index (κ2) is 7.55. The predicted molar refractivity (Wildman–Crippen MR) is 107 cm³/mol. The minimum Gasteiger partial charge on any atom is -0.368 e. The normalized spacial score (nSPS) is 27.5. The number of hydrogen-bond donors (Lipinski definition) is 0. The van der Waals surface area contributed by atoms with E-state index in [1.807, 2.05) is 29.2 Å². The zero-order valence-electron chi connectivity index (χ0n) is 15.6. The first kappa shape index (κ1) is 19.5. The first-order valence-corrected chi connectivity index (χ1v) is 11.8. The molecule has 1 aromatic rings. The van der Waals surface area contributed by atoms with E-state index in [2.05, 4.69) is 4.90 Å². The van der Waals surface area contributed by atoms with Crippen LogP contribution in [-0.4, -0.2) is 80.3 Å². The van der Waals surface area contributed by atoms with Gasteiger partial charge in [-0.2, -0.15) is 0 Å². The number of rotatable bonds is 3. The Morgan fingerprint density at radius 1 is 1.14 bits per heavy atom. The monoisotopic (exact) mass is 425 g/mol. The lowest BCUT2D eigenvalue weighted by molar-refractivity contribution is -0.136. The van der Waals surface area contributed by atoms with Gasteiger partial charge in [0.1, 0.15) is 0 Å². The summed E-state index contributed by atoms with van der Waals surface area (Å²) >= 11 is 6.06. The van der Waals surface area contributed by atoms with E-state index in [1.54, 1.807) is 4.90 Å². The molecular formula is C19H24ClN3O4S. The third kappa shape index (κ3) is 3.98. The van der Waals surface area contributed by atoms with Crippen molar-refractivity contribution in [2.45, 2.75) is 18.9 Å². The minimum atomic E-state index is -3.05. The van der Waals surface area contributed by atoms with E-state index in [4.69, 9.17) is 11.6 Å². The van der Waals surface area contributed by atoms with Gasteiger partial charge < -0.3 is 14.7 Å². The van der Waals surface area contributed by atoms with E-state index >= 15 is 0 Å². The smallest absolute Gasteiger partial charge is 0.228 e. The quantitative estimate of drug-likeness (QED) is 0.722. The number of carbonyl (C=O) groups excluding carboxylic acids is 2. The Labute approximate surface area is 170 Å². The van der Waals surface area contributed by atoms with Gasteiger partial charge >= 0.3 is 0 Å². The molecule has 4 rings (SSSR count). The van der Waals surface area contributed by atoms with Gasteiger partial charge in [-0.05, 0) is 24.6 Å². The number of carbonyl (C=O) groups is 2. The summed E-state index contributed by atoms with van der Waals surface area (Å²) in [5, 5.41) is 0.689. The van der Waals surface area contributed by atoms with Crippen molar-refractivity contribution in [3.05, 3.63) is 29.3 Å². The molecule has 2 amide bonds. The summed E-state index contributed by atoms with van der Waals surface area (Å²) in [6, 6.07) is 7.41. The number of likely N-dealkylation sites (tertiary alicyclic amines) is 1. The fourth-order valence-corrected chi connectivity index (χ4v) is 6.30. The van der Waals surface area contributed by atoms with Gasteiger partial charge in [-0.3, -0.25) is 9.59 Å². The van der Waals surface area contributed by atoms with E-state index < -0.39 is 9.84 Å². The molecule has 3 saturated heterocycles. The molecule has 0 aromatic heterocycles. The van der Waals surface area contributed by atoms with Crippen LogP contribution in [0.3, 0.4) is 0 Å². The molecule has 3 fully saturated rings. The first-order chi connectivity index (χ1) is 13.3. The molecule has 0 bridgehead atoms. The molecule has 9 heteroatoms. The van der Waals surface area contributed by atoms with Crippen molar-refractivity contribution in [3.63, 3.8) is 0 Å². The van der Waals surface area contributed by atoms with Crippen LogP contribution in [0.1, 0.15) is 12.8 Å². The first-order valence-electron chi connectivity index (χ1n) is 9.61. The van der Waals surface area contributed by atoms with Crippen molar-refractivity contribution >= 4 is 38.9 Å². The molecule has 28 heavy (non-hydrogen) atoms. The van der Waals surface area contributed by atoms with Crippen LogP contribution in [-0.2, 0) is 19.4 Å². The summed E-state index contributed by atoms with van der Waals surface area (Å²) in [4.78, 5) is 30.9. The summed E-state index contributed by atoms with van der Waals surface area (Å²) in [6.45, 7) is 2.99. The van der Waals surface area contributed by atoms with Gasteiger partial charge in [-0.1, -0.05) is 17.7 Å². The standard InChI is InChI=1S/C19H24ClN3O4S/c20-15-2-1-3-16(11-15)21-5-7-22(8-6-21)19(25)14-10-18(24)23(12-14)17-4-9-28(26,27)13-17/h1-3,11,14,17H,4-10,12-13H2. The number of piperazine rings is 1. The highest BCUT2D eigenvalue weighted by Crippen LogP contribution is 2.28. The maximum absolute atomic E-state index is 12.9. The number of benzene rings is 1. The summed E-state index contributed by atoms with van der Waals surface area (Å²) in [6.07, 6.45) is 0.664. The molecular weight excluding hydrogens is 402 g/mol. The zero-order valence-corrected chi connectivity index (χ0v) is 17.2. The topological polar surface area (TPSA) is 78.0 Å². The van der Waals surface area contributed by atoms with E-state index in [0.717, 1.165) is 18.8 Å². The van der Waals surface area contributed by atoms with Crippen LogP contribution in [0.2, 0.25) is 5.02 Å². The van der Waals surface area contributed by atoms with Gasteiger partial charge in [0.05, 0.1) is 17.4 Å². The largest absolute Gasteiger partial charge is 0.368 e. The van der Waals surface area contributed by atoms with Crippen LogP contribution in [0, 0.1) is 5.92 Å². The van der Waals surface area contributed by atoms with Crippen molar-refractivity contribution in [2.75, 3.05) is 49.1 Å². The second-order valence-electron chi connectivity index (χ2n) is 7.80. The van der Waals surface area contributed by atoms with Crippen LogP contribution < -0.4 is 4.90 Å². The highest BCUT2D eigenvalue weighted by Gasteiger charge is 2.43. The number of halogens is 1.